The first-order valence-corrected chi connectivity index (χ1v) is 8.46. The molecule has 1 aliphatic rings. The summed E-state index contributed by atoms with van der Waals surface area (Å²) in [6.07, 6.45) is 2.45. The number of imidazole rings is 1. The van der Waals surface area contributed by atoms with Crippen molar-refractivity contribution in [1.82, 2.24) is 9.55 Å². The molecule has 1 aromatic carbocycles. The van der Waals surface area contributed by atoms with E-state index in [0.717, 1.165) is 11.3 Å². The predicted molar refractivity (Wildman–Crippen MR) is 84.3 cm³/mol. The molecular weight excluding hydrogens is 276 g/mol. The van der Waals surface area contributed by atoms with Crippen molar-refractivity contribution in [3.05, 3.63) is 29.6 Å². The highest BCUT2D eigenvalue weighted by Gasteiger charge is 2.23. The molecule has 1 unspecified atom stereocenters. The second kappa shape index (κ2) is 5.37. The van der Waals surface area contributed by atoms with Gasteiger partial charge in [-0.1, -0.05) is 6.07 Å². The van der Waals surface area contributed by atoms with Crippen LogP contribution in [-0.4, -0.2) is 21.1 Å². The molecule has 4 heteroatoms. The first-order valence-electron chi connectivity index (χ1n) is 6.87. The van der Waals surface area contributed by atoms with Crippen LogP contribution in [0.1, 0.15) is 42.6 Å². The Labute approximate surface area is 123 Å². The Morgan fingerprint density at radius 1 is 1.37 bits per heavy atom. The molecule has 1 aliphatic heterocycles. The van der Waals surface area contributed by atoms with Gasteiger partial charge in [-0.2, -0.15) is 11.8 Å². The zero-order valence-electron chi connectivity index (χ0n) is 11.4. The van der Waals surface area contributed by atoms with Crippen LogP contribution in [0.4, 0.5) is 0 Å². The molecule has 19 heavy (non-hydrogen) atoms. The van der Waals surface area contributed by atoms with Crippen molar-refractivity contribution in [2.75, 3.05) is 11.5 Å². The number of aryl methyl sites for hydroxylation is 1. The first kappa shape index (κ1) is 13.3. The maximum Gasteiger partial charge on any atom is 0.127 e. The average Bonchev–Trinajstić information content (AvgIpc) is 2.78. The summed E-state index contributed by atoms with van der Waals surface area (Å²) in [5, 5.41) is -0.0396. The van der Waals surface area contributed by atoms with Gasteiger partial charge in [-0.3, -0.25) is 0 Å². The number of thioether (sulfide) groups is 1. The highest BCUT2D eigenvalue weighted by atomic mass is 35.5. The number of hydrogen-bond acceptors (Lipinski definition) is 2. The number of alkyl halides is 1. The maximum atomic E-state index is 6.35. The SMILES string of the molecule is Cc1ccc2c(c1)nc(C(C)Cl)n2C1CCSCC1. The molecule has 3 rings (SSSR count). The summed E-state index contributed by atoms with van der Waals surface area (Å²) in [6.45, 7) is 4.13. The quantitative estimate of drug-likeness (QED) is 0.746. The van der Waals surface area contributed by atoms with E-state index in [9.17, 15) is 0 Å². The van der Waals surface area contributed by atoms with Gasteiger partial charge in [0.15, 0.2) is 0 Å². The van der Waals surface area contributed by atoms with E-state index in [0.29, 0.717) is 6.04 Å². The molecule has 0 spiro atoms. The normalized spacial score (nSPS) is 18.9. The van der Waals surface area contributed by atoms with E-state index >= 15 is 0 Å². The minimum atomic E-state index is -0.0396. The number of hydrogen-bond donors (Lipinski definition) is 0. The lowest BCUT2D eigenvalue weighted by Crippen LogP contribution is -2.17. The fraction of sp³-hybridized carbons (Fsp3) is 0.533. The van der Waals surface area contributed by atoms with Gasteiger partial charge in [0.2, 0.25) is 0 Å². The van der Waals surface area contributed by atoms with Gasteiger partial charge in [0.05, 0.1) is 16.4 Å². The van der Waals surface area contributed by atoms with Crippen molar-refractivity contribution in [2.24, 2.45) is 0 Å². The molecule has 2 nitrogen and oxygen atoms in total. The van der Waals surface area contributed by atoms with Crippen molar-refractivity contribution in [3.8, 4) is 0 Å². The van der Waals surface area contributed by atoms with E-state index < -0.39 is 0 Å². The second-order valence-electron chi connectivity index (χ2n) is 5.29. The van der Waals surface area contributed by atoms with Crippen LogP contribution in [0.5, 0.6) is 0 Å². The van der Waals surface area contributed by atoms with Gasteiger partial charge in [0.1, 0.15) is 5.82 Å². The molecule has 0 saturated carbocycles. The van der Waals surface area contributed by atoms with Gasteiger partial charge in [-0.25, -0.2) is 4.98 Å². The van der Waals surface area contributed by atoms with Crippen molar-refractivity contribution in [1.29, 1.82) is 0 Å². The molecule has 102 valence electrons. The standard InChI is InChI=1S/C15H19ClN2S/c1-10-3-4-14-13(9-10)17-15(11(2)16)18(14)12-5-7-19-8-6-12/h3-4,9,11-12H,5-8H2,1-2H3. The largest absolute Gasteiger partial charge is 0.324 e. The molecule has 2 heterocycles. The number of nitrogens with zero attached hydrogens (tertiary/aromatic N) is 2. The monoisotopic (exact) mass is 294 g/mol. The highest BCUT2D eigenvalue weighted by Crippen LogP contribution is 2.34. The van der Waals surface area contributed by atoms with Gasteiger partial charge in [-0.05, 0) is 55.9 Å². The van der Waals surface area contributed by atoms with Crippen molar-refractivity contribution >= 4 is 34.4 Å². The second-order valence-corrected chi connectivity index (χ2v) is 7.17. The third-order valence-corrected chi connectivity index (χ3v) is 5.03. The van der Waals surface area contributed by atoms with E-state index in [1.165, 1.54) is 35.4 Å². The molecule has 1 fully saturated rings. The average molecular weight is 295 g/mol. The smallest absolute Gasteiger partial charge is 0.127 e. The van der Waals surface area contributed by atoms with Crippen LogP contribution in [-0.2, 0) is 0 Å². The van der Waals surface area contributed by atoms with E-state index in [1.54, 1.807) is 0 Å². The molecule has 0 aliphatic carbocycles. The minimum absolute atomic E-state index is 0.0396. The van der Waals surface area contributed by atoms with E-state index in [-0.39, 0.29) is 5.38 Å². The van der Waals surface area contributed by atoms with Crippen LogP contribution in [0.15, 0.2) is 18.2 Å². The summed E-state index contributed by atoms with van der Waals surface area (Å²) in [5.74, 6) is 3.51. The summed E-state index contributed by atoms with van der Waals surface area (Å²) in [7, 11) is 0. The van der Waals surface area contributed by atoms with E-state index in [2.05, 4.69) is 41.5 Å². The number of benzene rings is 1. The number of aromatic nitrogens is 2. The van der Waals surface area contributed by atoms with Gasteiger partial charge >= 0.3 is 0 Å². The van der Waals surface area contributed by atoms with E-state index in [4.69, 9.17) is 16.6 Å². The topological polar surface area (TPSA) is 17.8 Å². The summed E-state index contributed by atoms with van der Waals surface area (Å²) >= 11 is 8.40. The summed E-state index contributed by atoms with van der Waals surface area (Å²) in [6, 6.07) is 7.08. The number of halogens is 1. The molecule has 0 N–H and O–H groups in total. The molecule has 1 aromatic heterocycles. The first-order chi connectivity index (χ1) is 9.16. The van der Waals surface area contributed by atoms with Crippen LogP contribution >= 0.6 is 23.4 Å². The molecule has 1 saturated heterocycles. The van der Waals surface area contributed by atoms with Gasteiger partial charge in [0, 0.05) is 6.04 Å². The lowest BCUT2D eigenvalue weighted by Gasteiger charge is -2.26. The Morgan fingerprint density at radius 3 is 2.79 bits per heavy atom. The Kier molecular flexibility index (Phi) is 3.77. The van der Waals surface area contributed by atoms with Crippen molar-refractivity contribution in [3.63, 3.8) is 0 Å². The number of rotatable bonds is 2. The fourth-order valence-electron chi connectivity index (χ4n) is 2.84. The fourth-order valence-corrected chi connectivity index (χ4v) is 4.07. The molecule has 0 bridgehead atoms. The van der Waals surface area contributed by atoms with Crippen LogP contribution in [0, 0.1) is 6.92 Å². The molecule has 0 amide bonds. The lowest BCUT2D eigenvalue weighted by atomic mass is 10.1. The Morgan fingerprint density at radius 2 is 2.11 bits per heavy atom. The highest BCUT2D eigenvalue weighted by molar-refractivity contribution is 7.99. The number of fused-ring (bicyclic) bond motifs is 1. The van der Waals surface area contributed by atoms with Crippen LogP contribution in [0.3, 0.4) is 0 Å². The van der Waals surface area contributed by atoms with Gasteiger partial charge in [-0.15, -0.1) is 11.6 Å². The third kappa shape index (κ3) is 2.50. The van der Waals surface area contributed by atoms with Gasteiger partial charge in [0.25, 0.3) is 0 Å². The Hall–Kier alpha value is -0.670. The lowest BCUT2D eigenvalue weighted by molar-refractivity contribution is 0.464. The van der Waals surface area contributed by atoms with Crippen molar-refractivity contribution < 1.29 is 0 Å². The van der Waals surface area contributed by atoms with Crippen LogP contribution in [0.2, 0.25) is 0 Å². The summed E-state index contributed by atoms with van der Waals surface area (Å²) < 4.78 is 2.40. The molecular formula is C15H19ClN2S. The maximum absolute atomic E-state index is 6.35. The Bertz CT molecular complexity index is 585. The van der Waals surface area contributed by atoms with Crippen LogP contribution in [0.25, 0.3) is 11.0 Å². The zero-order chi connectivity index (χ0) is 13.4. The molecule has 2 aromatic rings. The minimum Gasteiger partial charge on any atom is -0.324 e. The molecule has 0 radical (unpaired) electrons. The summed E-state index contributed by atoms with van der Waals surface area (Å²) in [4.78, 5) is 4.77. The van der Waals surface area contributed by atoms with Crippen molar-refractivity contribution in [2.45, 2.75) is 38.1 Å². The summed E-state index contributed by atoms with van der Waals surface area (Å²) in [5.41, 5.74) is 3.58. The Balaban J connectivity index is 2.15. The van der Waals surface area contributed by atoms with Crippen LogP contribution < -0.4 is 0 Å². The zero-order valence-corrected chi connectivity index (χ0v) is 13.0. The molecule has 1 atom stereocenters. The van der Waals surface area contributed by atoms with Gasteiger partial charge < -0.3 is 4.57 Å². The predicted octanol–water partition coefficient (Wildman–Crippen LogP) is 4.71. The third-order valence-electron chi connectivity index (χ3n) is 3.78. The van der Waals surface area contributed by atoms with E-state index in [1.807, 2.05) is 6.92 Å².